The molecule has 0 unspecified atom stereocenters. The second-order valence-corrected chi connectivity index (χ2v) is 16.9. The third-order valence-corrected chi connectivity index (χ3v) is 13.0. The molecule has 286 valence electrons. The van der Waals surface area contributed by atoms with E-state index in [4.69, 9.17) is 9.97 Å². The van der Waals surface area contributed by atoms with Gasteiger partial charge in [-0.05, 0) is 112 Å². The molecule has 0 saturated heterocycles. The summed E-state index contributed by atoms with van der Waals surface area (Å²) in [6.45, 7) is 4.71. The van der Waals surface area contributed by atoms with E-state index in [9.17, 15) is 0 Å². The third kappa shape index (κ3) is 5.56. The maximum Gasteiger partial charge on any atom is 0.0973 e. The van der Waals surface area contributed by atoms with E-state index in [0.717, 1.165) is 39.1 Å². The van der Waals surface area contributed by atoms with Crippen LogP contribution in [0, 0.1) is 0 Å². The van der Waals surface area contributed by atoms with E-state index in [1.54, 1.807) is 0 Å². The molecule has 12 rings (SSSR count). The molecule has 10 aromatic carbocycles. The van der Waals surface area contributed by atoms with Crippen molar-refractivity contribution in [2.24, 2.45) is 0 Å². The summed E-state index contributed by atoms with van der Waals surface area (Å²) in [5.74, 6) is 0. The van der Waals surface area contributed by atoms with Crippen LogP contribution in [0.4, 0.5) is 0 Å². The summed E-state index contributed by atoms with van der Waals surface area (Å²) < 4.78 is 0. The average molecular weight is 777 g/mol. The highest BCUT2D eigenvalue weighted by Crippen LogP contribution is 2.52. The van der Waals surface area contributed by atoms with Gasteiger partial charge in [-0.25, -0.2) is 9.97 Å². The number of hydrogen-bond donors (Lipinski definition) is 0. The first-order chi connectivity index (χ1) is 30.0. The first-order valence-electron chi connectivity index (χ1n) is 21.2. The van der Waals surface area contributed by atoms with Crippen molar-refractivity contribution in [1.29, 1.82) is 0 Å². The molecule has 2 nitrogen and oxygen atoms in total. The lowest BCUT2D eigenvalue weighted by molar-refractivity contribution is 0.660. The molecule has 0 aliphatic heterocycles. The summed E-state index contributed by atoms with van der Waals surface area (Å²) >= 11 is 0. The fraction of sp³-hybridized carbons (Fsp3) is 0.0508. The van der Waals surface area contributed by atoms with Crippen LogP contribution in [0.25, 0.3) is 110 Å². The van der Waals surface area contributed by atoms with Gasteiger partial charge in [0.1, 0.15) is 0 Å². The summed E-state index contributed by atoms with van der Waals surface area (Å²) in [5.41, 5.74) is 18.1. The van der Waals surface area contributed by atoms with Gasteiger partial charge in [0.05, 0.1) is 22.4 Å². The lowest BCUT2D eigenvalue weighted by Crippen LogP contribution is -2.14. The van der Waals surface area contributed by atoms with Crippen LogP contribution in [-0.2, 0) is 5.41 Å². The number of benzene rings is 10. The Morgan fingerprint density at radius 2 is 0.836 bits per heavy atom. The van der Waals surface area contributed by atoms with Crippen LogP contribution in [0.5, 0.6) is 0 Å². The molecule has 11 aromatic rings. The molecule has 0 N–H and O–H groups in total. The molecule has 61 heavy (non-hydrogen) atoms. The van der Waals surface area contributed by atoms with E-state index in [0.29, 0.717) is 0 Å². The molecule has 1 aliphatic rings. The van der Waals surface area contributed by atoms with Gasteiger partial charge in [-0.3, -0.25) is 0 Å². The van der Waals surface area contributed by atoms with Crippen LogP contribution in [0.1, 0.15) is 25.0 Å². The SMILES string of the molecule is CC1(C)c2ccccc2-c2cc(-c3c4ccccc4c(-c4ccc5nc(-c6ccccc6)c(-c6ccccc6)nc5c4)c4ccc(-c5cccc6ccccc56)cc34)ccc21. The minimum absolute atomic E-state index is 0.0683. The monoisotopic (exact) mass is 776 g/mol. The summed E-state index contributed by atoms with van der Waals surface area (Å²) in [5, 5.41) is 7.35. The van der Waals surface area contributed by atoms with Crippen molar-refractivity contribution < 1.29 is 0 Å². The maximum atomic E-state index is 5.42. The van der Waals surface area contributed by atoms with Crippen LogP contribution in [0.15, 0.2) is 206 Å². The van der Waals surface area contributed by atoms with Gasteiger partial charge in [0.2, 0.25) is 0 Å². The maximum absolute atomic E-state index is 5.42. The van der Waals surface area contributed by atoms with Crippen molar-refractivity contribution in [3.05, 3.63) is 217 Å². The predicted molar refractivity (Wildman–Crippen MR) is 257 cm³/mol. The fourth-order valence-electron chi connectivity index (χ4n) is 10.1. The lowest BCUT2D eigenvalue weighted by atomic mass is 9.81. The van der Waals surface area contributed by atoms with Crippen molar-refractivity contribution >= 4 is 43.4 Å². The first-order valence-corrected chi connectivity index (χ1v) is 21.2. The van der Waals surface area contributed by atoms with Gasteiger partial charge in [0, 0.05) is 16.5 Å². The highest BCUT2D eigenvalue weighted by atomic mass is 14.8. The van der Waals surface area contributed by atoms with E-state index in [-0.39, 0.29) is 5.41 Å². The Kier molecular flexibility index (Phi) is 7.92. The first kappa shape index (κ1) is 35.3. The predicted octanol–water partition coefficient (Wildman–Crippen LogP) is 15.7. The van der Waals surface area contributed by atoms with Crippen molar-refractivity contribution in [2.75, 3.05) is 0 Å². The zero-order valence-corrected chi connectivity index (χ0v) is 34.0. The van der Waals surface area contributed by atoms with Gasteiger partial charge in [-0.1, -0.05) is 196 Å². The Bertz CT molecular complexity index is 3540. The summed E-state index contributed by atoms with van der Waals surface area (Å²) in [6.07, 6.45) is 0. The van der Waals surface area contributed by atoms with Crippen LogP contribution >= 0.6 is 0 Å². The second kappa shape index (κ2) is 13.7. The largest absolute Gasteiger partial charge is 0.244 e. The molecular weight excluding hydrogens is 737 g/mol. The number of rotatable bonds is 5. The number of hydrogen-bond acceptors (Lipinski definition) is 2. The van der Waals surface area contributed by atoms with Gasteiger partial charge in [-0.2, -0.15) is 0 Å². The third-order valence-electron chi connectivity index (χ3n) is 13.0. The molecule has 2 heteroatoms. The Balaban J connectivity index is 1.14. The van der Waals surface area contributed by atoms with Crippen molar-refractivity contribution in [2.45, 2.75) is 19.3 Å². The van der Waals surface area contributed by atoms with E-state index in [1.165, 1.54) is 82.4 Å². The van der Waals surface area contributed by atoms with Gasteiger partial charge in [0.15, 0.2) is 0 Å². The van der Waals surface area contributed by atoms with E-state index in [2.05, 4.69) is 208 Å². The topological polar surface area (TPSA) is 25.8 Å². The van der Waals surface area contributed by atoms with Gasteiger partial charge in [-0.15, -0.1) is 0 Å². The molecule has 0 atom stereocenters. The Morgan fingerprint density at radius 3 is 1.59 bits per heavy atom. The molecule has 0 spiro atoms. The second-order valence-electron chi connectivity index (χ2n) is 16.9. The van der Waals surface area contributed by atoms with Gasteiger partial charge < -0.3 is 0 Å². The quantitative estimate of drug-likeness (QED) is 0.163. The van der Waals surface area contributed by atoms with Crippen molar-refractivity contribution in [3.63, 3.8) is 0 Å². The minimum Gasteiger partial charge on any atom is -0.244 e. The Morgan fingerprint density at radius 1 is 0.311 bits per heavy atom. The summed E-state index contributed by atoms with van der Waals surface area (Å²) in [4.78, 5) is 10.7. The van der Waals surface area contributed by atoms with Gasteiger partial charge in [0.25, 0.3) is 0 Å². The number of nitrogens with zero attached hydrogens (tertiary/aromatic N) is 2. The normalized spacial score (nSPS) is 12.9. The van der Waals surface area contributed by atoms with E-state index >= 15 is 0 Å². The Labute approximate surface area is 355 Å². The Hall–Kier alpha value is -7.68. The van der Waals surface area contributed by atoms with Crippen LogP contribution in [-0.4, -0.2) is 9.97 Å². The average Bonchev–Trinajstić information content (AvgIpc) is 3.55. The fourth-order valence-corrected chi connectivity index (χ4v) is 10.1. The summed E-state index contributed by atoms with van der Waals surface area (Å²) in [6, 6.07) is 75.0. The van der Waals surface area contributed by atoms with Crippen molar-refractivity contribution in [1.82, 2.24) is 9.97 Å². The number of aromatic nitrogens is 2. The van der Waals surface area contributed by atoms with E-state index < -0.39 is 0 Å². The summed E-state index contributed by atoms with van der Waals surface area (Å²) in [7, 11) is 0. The smallest absolute Gasteiger partial charge is 0.0973 e. The molecule has 0 radical (unpaired) electrons. The molecule has 1 aromatic heterocycles. The van der Waals surface area contributed by atoms with Gasteiger partial charge >= 0.3 is 0 Å². The molecule has 0 bridgehead atoms. The lowest BCUT2D eigenvalue weighted by Gasteiger charge is -2.22. The minimum atomic E-state index is -0.0683. The highest BCUT2D eigenvalue weighted by Gasteiger charge is 2.35. The molecule has 0 fully saturated rings. The molecule has 1 heterocycles. The molecule has 0 amide bonds. The highest BCUT2D eigenvalue weighted by molar-refractivity contribution is 6.22. The number of fused-ring (bicyclic) bond motifs is 7. The molecular formula is C59H40N2. The zero-order valence-electron chi connectivity index (χ0n) is 34.0. The standard InChI is InChI=1S/C59H40N2/c1-59(2)51-27-14-13-23-45(51)49-35-41(29-32-52(49)59)56-47-25-12-11-24-46(47)55(48-31-28-40(34-50(48)56)44-26-15-21-37-16-9-10-22-43(37)44)42-30-33-53-54(36-42)61-58(39-19-7-4-8-20-39)57(60-53)38-17-5-3-6-18-38/h3-36H,1-2H3. The zero-order chi connectivity index (χ0) is 40.7. The van der Waals surface area contributed by atoms with Crippen LogP contribution in [0.2, 0.25) is 0 Å². The van der Waals surface area contributed by atoms with E-state index in [1.807, 2.05) is 12.1 Å². The molecule has 1 aliphatic carbocycles. The van der Waals surface area contributed by atoms with Crippen LogP contribution < -0.4 is 0 Å². The molecule has 0 saturated carbocycles. The van der Waals surface area contributed by atoms with Crippen molar-refractivity contribution in [3.8, 4) is 67.0 Å². The van der Waals surface area contributed by atoms with Crippen LogP contribution in [0.3, 0.4) is 0 Å².